The summed E-state index contributed by atoms with van der Waals surface area (Å²) in [6, 6.07) is 12.9. The fourth-order valence-electron chi connectivity index (χ4n) is 2.16. The zero-order chi connectivity index (χ0) is 13.8. The third-order valence-corrected chi connectivity index (χ3v) is 3.24. The first-order chi connectivity index (χ1) is 9.13. The molecular weight excluding hydrogens is 240 g/mol. The van der Waals surface area contributed by atoms with E-state index in [1.807, 2.05) is 37.3 Å². The van der Waals surface area contributed by atoms with Crippen LogP contribution in [0.15, 0.2) is 42.5 Å². The fourth-order valence-corrected chi connectivity index (χ4v) is 2.16. The molecule has 2 rings (SSSR count). The molecule has 0 fully saturated rings. The highest BCUT2D eigenvalue weighted by molar-refractivity contribution is 5.89. The van der Waals surface area contributed by atoms with Gasteiger partial charge in [-0.1, -0.05) is 30.3 Å². The Labute approximate surface area is 112 Å². The molecule has 0 aliphatic carbocycles. The molecule has 0 atom stereocenters. The Morgan fingerprint density at radius 1 is 1.11 bits per heavy atom. The van der Waals surface area contributed by atoms with Crippen LogP contribution in [0.4, 0.5) is 0 Å². The van der Waals surface area contributed by atoms with Gasteiger partial charge >= 0.3 is 5.97 Å². The van der Waals surface area contributed by atoms with Crippen LogP contribution >= 0.6 is 0 Å². The first kappa shape index (κ1) is 13.1. The van der Waals surface area contributed by atoms with Crippen molar-refractivity contribution in [3.63, 3.8) is 0 Å². The van der Waals surface area contributed by atoms with E-state index in [0.717, 1.165) is 22.4 Å². The summed E-state index contributed by atoms with van der Waals surface area (Å²) in [6.45, 7) is 1.98. The molecule has 0 heterocycles. The minimum absolute atomic E-state index is 0.352. The van der Waals surface area contributed by atoms with Gasteiger partial charge in [-0.25, -0.2) is 4.79 Å². The van der Waals surface area contributed by atoms with Crippen molar-refractivity contribution in [2.45, 2.75) is 13.3 Å². The van der Waals surface area contributed by atoms with Crippen LogP contribution in [0.25, 0.3) is 0 Å². The number of aromatic carboxylic acids is 1. The first-order valence-corrected chi connectivity index (χ1v) is 6.07. The number of carboxylic acid groups (broad SMARTS) is 1. The van der Waals surface area contributed by atoms with E-state index >= 15 is 0 Å². The van der Waals surface area contributed by atoms with E-state index in [9.17, 15) is 9.90 Å². The molecule has 0 saturated heterocycles. The summed E-state index contributed by atoms with van der Waals surface area (Å²) in [4.78, 5) is 11.2. The summed E-state index contributed by atoms with van der Waals surface area (Å²) < 4.78 is 5.28. The number of hydrogen-bond donors (Lipinski definition) is 1. The quantitative estimate of drug-likeness (QED) is 0.913. The lowest BCUT2D eigenvalue weighted by molar-refractivity contribution is 0.0696. The Hall–Kier alpha value is -2.29. The molecule has 0 unspecified atom stereocenters. The normalized spacial score (nSPS) is 10.2. The van der Waals surface area contributed by atoms with Crippen LogP contribution in [0.1, 0.15) is 27.0 Å². The molecule has 0 bridgehead atoms. The molecule has 98 valence electrons. The van der Waals surface area contributed by atoms with Crippen LogP contribution in [-0.2, 0) is 6.42 Å². The van der Waals surface area contributed by atoms with Gasteiger partial charge in [0.25, 0.3) is 0 Å². The molecule has 0 amide bonds. The van der Waals surface area contributed by atoms with Gasteiger partial charge in [-0.05, 0) is 42.2 Å². The molecule has 3 heteroatoms. The topological polar surface area (TPSA) is 46.5 Å². The molecule has 2 aromatic carbocycles. The van der Waals surface area contributed by atoms with Crippen LogP contribution < -0.4 is 4.74 Å². The number of methoxy groups -OCH3 is 1. The molecule has 0 aliphatic rings. The van der Waals surface area contributed by atoms with E-state index in [-0.39, 0.29) is 0 Å². The lowest BCUT2D eigenvalue weighted by atomic mass is 9.96. The first-order valence-electron chi connectivity index (χ1n) is 6.07. The maximum Gasteiger partial charge on any atom is 0.335 e. The van der Waals surface area contributed by atoms with Crippen LogP contribution in [-0.4, -0.2) is 18.2 Å². The molecule has 1 N–H and O–H groups in total. The smallest absolute Gasteiger partial charge is 0.335 e. The summed E-state index contributed by atoms with van der Waals surface area (Å²) in [6.07, 6.45) is 0.589. The predicted molar refractivity (Wildman–Crippen MR) is 73.9 cm³/mol. The molecule has 0 aliphatic heterocycles. The van der Waals surface area contributed by atoms with E-state index in [1.165, 1.54) is 0 Å². The lowest BCUT2D eigenvalue weighted by Gasteiger charge is -2.11. The average molecular weight is 256 g/mol. The number of benzene rings is 2. The minimum atomic E-state index is -0.892. The maximum atomic E-state index is 11.2. The summed E-state index contributed by atoms with van der Waals surface area (Å²) >= 11 is 0. The molecule has 2 aromatic rings. The lowest BCUT2D eigenvalue weighted by Crippen LogP contribution is -2.03. The summed E-state index contributed by atoms with van der Waals surface area (Å²) in [5.74, 6) is -0.0681. The van der Waals surface area contributed by atoms with E-state index in [2.05, 4.69) is 0 Å². The average Bonchev–Trinajstić information content (AvgIpc) is 2.41. The van der Waals surface area contributed by atoms with Crippen LogP contribution in [0.3, 0.4) is 0 Å². The highest BCUT2D eigenvalue weighted by atomic mass is 16.5. The Bertz CT molecular complexity index is 603. The Morgan fingerprint density at radius 3 is 2.47 bits per heavy atom. The van der Waals surface area contributed by atoms with Crippen LogP contribution in [0, 0.1) is 6.92 Å². The number of carboxylic acids is 1. The number of ether oxygens (including phenoxy) is 1. The van der Waals surface area contributed by atoms with Gasteiger partial charge in [-0.15, -0.1) is 0 Å². The van der Waals surface area contributed by atoms with Gasteiger partial charge in [0.15, 0.2) is 0 Å². The van der Waals surface area contributed by atoms with Crippen LogP contribution in [0.5, 0.6) is 5.75 Å². The van der Waals surface area contributed by atoms with E-state index in [4.69, 9.17) is 4.74 Å². The molecular formula is C16H16O3. The van der Waals surface area contributed by atoms with Crippen LogP contribution in [0.2, 0.25) is 0 Å². The second-order valence-electron chi connectivity index (χ2n) is 4.38. The molecule has 0 aromatic heterocycles. The zero-order valence-electron chi connectivity index (χ0n) is 11.0. The van der Waals surface area contributed by atoms with E-state index < -0.39 is 5.97 Å². The van der Waals surface area contributed by atoms with Gasteiger partial charge < -0.3 is 9.84 Å². The highest BCUT2D eigenvalue weighted by Gasteiger charge is 2.11. The Morgan fingerprint density at radius 2 is 1.79 bits per heavy atom. The monoisotopic (exact) mass is 256 g/mol. The highest BCUT2D eigenvalue weighted by Crippen LogP contribution is 2.24. The van der Waals surface area contributed by atoms with Crippen molar-refractivity contribution in [1.29, 1.82) is 0 Å². The number of rotatable bonds is 4. The predicted octanol–water partition coefficient (Wildman–Crippen LogP) is 3.29. The largest absolute Gasteiger partial charge is 0.496 e. The zero-order valence-corrected chi connectivity index (χ0v) is 11.0. The summed E-state index contributed by atoms with van der Waals surface area (Å²) in [5, 5.41) is 9.19. The molecule has 0 saturated carbocycles. The van der Waals surface area contributed by atoms with Gasteiger partial charge in [0, 0.05) is 0 Å². The molecule has 19 heavy (non-hydrogen) atoms. The van der Waals surface area contributed by atoms with Gasteiger partial charge in [0.1, 0.15) is 5.75 Å². The maximum absolute atomic E-state index is 11.2. The second-order valence-corrected chi connectivity index (χ2v) is 4.38. The number of hydrogen-bond acceptors (Lipinski definition) is 2. The molecule has 3 nitrogen and oxygen atoms in total. The van der Waals surface area contributed by atoms with Gasteiger partial charge in [-0.2, -0.15) is 0 Å². The second kappa shape index (κ2) is 5.57. The third-order valence-electron chi connectivity index (χ3n) is 3.24. The molecule has 0 spiro atoms. The Balaban J connectivity index is 2.39. The molecule has 0 radical (unpaired) electrons. The minimum Gasteiger partial charge on any atom is -0.496 e. The van der Waals surface area contributed by atoms with Crippen molar-refractivity contribution >= 4 is 5.97 Å². The van der Waals surface area contributed by atoms with Gasteiger partial charge in [0.2, 0.25) is 0 Å². The van der Waals surface area contributed by atoms with Crippen molar-refractivity contribution < 1.29 is 14.6 Å². The van der Waals surface area contributed by atoms with Gasteiger partial charge in [0.05, 0.1) is 12.7 Å². The third kappa shape index (κ3) is 2.76. The van der Waals surface area contributed by atoms with E-state index in [0.29, 0.717) is 12.0 Å². The fraction of sp³-hybridized carbons (Fsp3) is 0.188. The van der Waals surface area contributed by atoms with Crippen molar-refractivity contribution in [1.82, 2.24) is 0 Å². The SMILES string of the molecule is COc1cccc(Cc2ccccc2C(=O)O)c1C. The van der Waals surface area contributed by atoms with Crippen molar-refractivity contribution in [2.75, 3.05) is 7.11 Å². The standard InChI is InChI=1S/C16H16O3/c1-11-12(7-5-9-15(11)19-2)10-13-6-3-4-8-14(13)16(17)18/h3-9H,10H2,1-2H3,(H,17,18). The number of carbonyl (C=O) groups is 1. The Kier molecular flexibility index (Phi) is 3.85. The van der Waals surface area contributed by atoms with Gasteiger partial charge in [-0.3, -0.25) is 0 Å². The summed E-state index contributed by atoms with van der Waals surface area (Å²) in [5.41, 5.74) is 3.29. The van der Waals surface area contributed by atoms with Crippen molar-refractivity contribution in [2.24, 2.45) is 0 Å². The van der Waals surface area contributed by atoms with E-state index in [1.54, 1.807) is 19.2 Å². The van der Waals surface area contributed by atoms with Crippen molar-refractivity contribution in [3.8, 4) is 5.75 Å². The van der Waals surface area contributed by atoms with Crippen molar-refractivity contribution in [3.05, 3.63) is 64.7 Å². The summed E-state index contributed by atoms with van der Waals surface area (Å²) in [7, 11) is 1.64.